The van der Waals surface area contributed by atoms with Crippen LogP contribution in [0, 0.1) is 5.92 Å². The van der Waals surface area contributed by atoms with Crippen molar-refractivity contribution in [3.8, 4) is 0 Å². The van der Waals surface area contributed by atoms with Crippen molar-refractivity contribution in [1.29, 1.82) is 0 Å². The fraction of sp³-hybridized carbons (Fsp3) is 0.688. The first-order valence-electron chi connectivity index (χ1n) is 7.60. The minimum absolute atomic E-state index is 0.535. The lowest BCUT2D eigenvalue weighted by atomic mass is 9.79. The summed E-state index contributed by atoms with van der Waals surface area (Å²) in [5, 5.41) is 13.9. The van der Waals surface area contributed by atoms with Crippen molar-refractivity contribution < 1.29 is 5.11 Å². The molecule has 1 aromatic heterocycles. The van der Waals surface area contributed by atoms with E-state index in [0.29, 0.717) is 6.54 Å². The highest BCUT2D eigenvalue weighted by atomic mass is 16.3. The first-order chi connectivity index (χ1) is 9.15. The number of aromatic nitrogens is 1. The van der Waals surface area contributed by atoms with E-state index >= 15 is 0 Å². The second-order valence-electron chi connectivity index (χ2n) is 6.42. The van der Waals surface area contributed by atoms with E-state index in [1.165, 1.54) is 24.1 Å². The summed E-state index contributed by atoms with van der Waals surface area (Å²) in [6.45, 7) is 2.90. The Kier molecular flexibility index (Phi) is 3.48. The highest BCUT2D eigenvalue weighted by molar-refractivity contribution is 5.40. The van der Waals surface area contributed by atoms with Gasteiger partial charge in [-0.25, -0.2) is 4.98 Å². The molecule has 3 rings (SSSR count). The van der Waals surface area contributed by atoms with Crippen molar-refractivity contribution in [3.63, 3.8) is 0 Å². The SMILES string of the molecule is CC1CCC(O)(CNc2ccc3c(n2)CCC3)CC1. The molecule has 3 heteroatoms. The molecule has 0 spiro atoms. The topological polar surface area (TPSA) is 45.1 Å². The van der Waals surface area contributed by atoms with Crippen LogP contribution in [0.15, 0.2) is 12.1 Å². The molecule has 19 heavy (non-hydrogen) atoms. The number of nitrogens with zero attached hydrogens (tertiary/aromatic N) is 1. The van der Waals surface area contributed by atoms with E-state index in [9.17, 15) is 5.11 Å². The van der Waals surface area contributed by atoms with Gasteiger partial charge in [0.1, 0.15) is 5.82 Å². The number of anilines is 1. The van der Waals surface area contributed by atoms with Crippen molar-refractivity contribution in [2.24, 2.45) is 5.92 Å². The normalized spacial score (nSPS) is 30.1. The lowest BCUT2D eigenvalue weighted by Gasteiger charge is -2.35. The Labute approximate surface area is 115 Å². The Bertz CT molecular complexity index is 450. The average molecular weight is 260 g/mol. The number of hydrogen-bond acceptors (Lipinski definition) is 3. The number of hydrogen-bond donors (Lipinski definition) is 2. The molecule has 0 aliphatic heterocycles. The Balaban J connectivity index is 1.60. The van der Waals surface area contributed by atoms with Crippen LogP contribution in [0.4, 0.5) is 5.82 Å². The van der Waals surface area contributed by atoms with Crippen LogP contribution in [0.2, 0.25) is 0 Å². The van der Waals surface area contributed by atoms with E-state index in [1.807, 2.05) is 0 Å². The highest BCUT2D eigenvalue weighted by Gasteiger charge is 2.31. The predicted octanol–water partition coefficient (Wildman–Crippen LogP) is 2.92. The number of fused-ring (bicyclic) bond motifs is 1. The van der Waals surface area contributed by atoms with Gasteiger partial charge in [-0.3, -0.25) is 0 Å². The van der Waals surface area contributed by atoms with Crippen molar-refractivity contribution in [1.82, 2.24) is 4.98 Å². The maximum absolute atomic E-state index is 10.6. The lowest BCUT2D eigenvalue weighted by molar-refractivity contribution is 0.00494. The maximum atomic E-state index is 10.6. The molecule has 1 saturated carbocycles. The third kappa shape index (κ3) is 2.92. The Hall–Kier alpha value is -1.09. The molecule has 0 radical (unpaired) electrons. The first-order valence-corrected chi connectivity index (χ1v) is 7.60. The first kappa shape index (κ1) is 12.9. The lowest BCUT2D eigenvalue weighted by Crippen LogP contribution is -2.40. The van der Waals surface area contributed by atoms with Gasteiger partial charge in [0.25, 0.3) is 0 Å². The molecule has 1 fully saturated rings. The van der Waals surface area contributed by atoms with Crippen molar-refractivity contribution in [3.05, 3.63) is 23.4 Å². The molecule has 0 unspecified atom stereocenters. The van der Waals surface area contributed by atoms with E-state index in [-0.39, 0.29) is 0 Å². The molecular formula is C16H24N2O. The Morgan fingerprint density at radius 2 is 2.11 bits per heavy atom. The van der Waals surface area contributed by atoms with Gasteiger partial charge in [0, 0.05) is 12.2 Å². The zero-order valence-corrected chi connectivity index (χ0v) is 11.8. The van der Waals surface area contributed by atoms with E-state index < -0.39 is 5.60 Å². The summed E-state index contributed by atoms with van der Waals surface area (Å²) < 4.78 is 0. The minimum atomic E-state index is -0.535. The second-order valence-corrected chi connectivity index (χ2v) is 6.42. The molecule has 2 N–H and O–H groups in total. The van der Waals surface area contributed by atoms with Crippen LogP contribution in [-0.2, 0) is 12.8 Å². The number of pyridine rings is 1. The molecule has 0 bridgehead atoms. The number of nitrogens with one attached hydrogen (secondary N) is 1. The van der Waals surface area contributed by atoms with Crippen LogP contribution in [0.5, 0.6) is 0 Å². The van der Waals surface area contributed by atoms with Crippen LogP contribution in [-0.4, -0.2) is 22.2 Å². The smallest absolute Gasteiger partial charge is 0.126 e. The van der Waals surface area contributed by atoms with Gasteiger partial charge in [-0.1, -0.05) is 13.0 Å². The van der Waals surface area contributed by atoms with Gasteiger partial charge >= 0.3 is 0 Å². The van der Waals surface area contributed by atoms with Gasteiger partial charge in [-0.15, -0.1) is 0 Å². The monoisotopic (exact) mass is 260 g/mol. The van der Waals surface area contributed by atoms with Gasteiger partial charge in [0.15, 0.2) is 0 Å². The summed E-state index contributed by atoms with van der Waals surface area (Å²) in [6.07, 6.45) is 7.59. The molecule has 0 aromatic carbocycles. The Morgan fingerprint density at radius 1 is 1.32 bits per heavy atom. The van der Waals surface area contributed by atoms with E-state index in [4.69, 9.17) is 0 Å². The predicted molar refractivity (Wildman–Crippen MR) is 77.3 cm³/mol. The summed E-state index contributed by atoms with van der Waals surface area (Å²) >= 11 is 0. The zero-order chi connectivity index (χ0) is 13.3. The molecule has 2 aliphatic rings. The summed E-state index contributed by atoms with van der Waals surface area (Å²) in [4.78, 5) is 4.66. The molecule has 1 heterocycles. The standard InChI is InChI=1S/C16H24N2O/c1-12-7-9-16(19,10-8-12)11-17-15-6-5-13-3-2-4-14(13)18-15/h5-6,12,19H,2-4,7-11H2,1H3,(H,17,18). The van der Waals surface area contributed by atoms with Crippen LogP contribution < -0.4 is 5.32 Å². The number of aryl methyl sites for hydroxylation is 2. The summed E-state index contributed by atoms with van der Waals surface area (Å²) in [5.74, 6) is 1.69. The van der Waals surface area contributed by atoms with Crippen molar-refractivity contribution >= 4 is 5.82 Å². The molecular weight excluding hydrogens is 236 g/mol. The van der Waals surface area contributed by atoms with Crippen LogP contribution >= 0.6 is 0 Å². The highest BCUT2D eigenvalue weighted by Crippen LogP contribution is 2.32. The van der Waals surface area contributed by atoms with Gasteiger partial charge in [-0.05, 0) is 62.5 Å². The summed E-state index contributed by atoms with van der Waals surface area (Å²) in [7, 11) is 0. The minimum Gasteiger partial charge on any atom is -0.388 e. The quantitative estimate of drug-likeness (QED) is 0.878. The van der Waals surface area contributed by atoms with Crippen LogP contribution in [0.25, 0.3) is 0 Å². The van der Waals surface area contributed by atoms with Gasteiger partial charge in [-0.2, -0.15) is 0 Å². The molecule has 1 aromatic rings. The molecule has 0 saturated heterocycles. The molecule has 0 amide bonds. The van der Waals surface area contributed by atoms with Crippen molar-refractivity contribution in [2.75, 3.05) is 11.9 Å². The van der Waals surface area contributed by atoms with E-state index in [1.54, 1.807) is 0 Å². The van der Waals surface area contributed by atoms with Crippen molar-refractivity contribution in [2.45, 2.75) is 57.5 Å². The summed E-state index contributed by atoms with van der Waals surface area (Å²) in [6, 6.07) is 4.24. The average Bonchev–Trinajstić information content (AvgIpc) is 2.88. The van der Waals surface area contributed by atoms with Gasteiger partial charge < -0.3 is 10.4 Å². The van der Waals surface area contributed by atoms with E-state index in [2.05, 4.69) is 29.4 Å². The maximum Gasteiger partial charge on any atom is 0.126 e. The molecule has 104 valence electrons. The fourth-order valence-corrected chi connectivity index (χ4v) is 3.25. The second kappa shape index (κ2) is 5.12. The van der Waals surface area contributed by atoms with Crippen LogP contribution in [0.3, 0.4) is 0 Å². The number of aliphatic hydroxyl groups is 1. The third-order valence-electron chi connectivity index (χ3n) is 4.73. The Morgan fingerprint density at radius 3 is 2.89 bits per heavy atom. The summed E-state index contributed by atoms with van der Waals surface area (Å²) in [5.41, 5.74) is 2.11. The largest absolute Gasteiger partial charge is 0.388 e. The fourth-order valence-electron chi connectivity index (χ4n) is 3.25. The number of rotatable bonds is 3. The molecule has 3 nitrogen and oxygen atoms in total. The molecule has 0 atom stereocenters. The zero-order valence-electron chi connectivity index (χ0n) is 11.8. The van der Waals surface area contributed by atoms with E-state index in [0.717, 1.165) is 43.8 Å². The van der Waals surface area contributed by atoms with Crippen LogP contribution in [0.1, 0.15) is 50.3 Å². The molecule has 2 aliphatic carbocycles. The third-order valence-corrected chi connectivity index (χ3v) is 4.73. The van der Waals surface area contributed by atoms with Gasteiger partial charge in [0.05, 0.1) is 5.60 Å². The van der Waals surface area contributed by atoms with Gasteiger partial charge in [0.2, 0.25) is 0 Å².